The predicted molar refractivity (Wildman–Crippen MR) is 84.5 cm³/mol. The number of hydrogen-bond acceptors (Lipinski definition) is 3. The molecule has 0 aliphatic rings. The first kappa shape index (κ1) is 13.4. The van der Waals surface area contributed by atoms with Gasteiger partial charge in [-0.1, -0.05) is 24.3 Å². The Hall–Kier alpha value is -2.59. The zero-order chi connectivity index (χ0) is 14.5. The Labute approximate surface area is 123 Å². The van der Waals surface area contributed by atoms with Gasteiger partial charge in [0.05, 0.1) is 6.20 Å². The van der Waals surface area contributed by atoms with E-state index in [0.29, 0.717) is 6.42 Å². The predicted octanol–water partition coefficient (Wildman–Crippen LogP) is 3.36. The van der Waals surface area contributed by atoms with Crippen LogP contribution in [0, 0.1) is 0 Å². The molecule has 0 bridgehead atoms. The second kappa shape index (κ2) is 6.24. The molecule has 4 nitrogen and oxygen atoms in total. The van der Waals surface area contributed by atoms with Crippen molar-refractivity contribution in [2.45, 2.75) is 6.42 Å². The van der Waals surface area contributed by atoms with Crippen LogP contribution in [0.5, 0.6) is 0 Å². The number of H-pyrrole nitrogens is 1. The molecule has 106 valence electrons. The quantitative estimate of drug-likeness (QED) is 0.671. The molecule has 0 aliphatic carbocycles. The summed E-state index contributed by atoms with van der Waals surface area (Å²) in [6.45, 7) is 0.183. The number of nitrogens with one attached hydrogen (secondary N) is 2. The van der Waals surface area contributed by atoms with Gasteiger partial charge in [-0.05, 0) is 41.8 Å². The molecule has 1 heterocycles. The van der Waals surface area contributed by atoms with E-state index < -0.39 is 0 Å². The summed E-state index contributed by atoms with van der Waals surface area (Å²) in [6.07, 6.45) is 4.38. The molecule has 0 radical (unpaired) electrons. The van der Waals surface area contributed by atoms with Crippen molar-refractivity contribution >= 4 is 11.4 Å². The van der Waals surface area contributed by atoms with Gasteiger partial charge in [0.25, 0.3) is 0 Å². The SMILES string of the molecule is OCCc1ccc(Nc2ccc(-c3cn[nH]c3)cc2)cc1. The van der Waals surface area contributed by atoms with Gasteiger partial charge < -0.3 is 10.4 Å². The summed E-state index contributed by atoms with van der Waals surface area (Å²) in [5.74, 6) is 0. The molecule has 0 aliphatic heterocycles. The molecular formula is C17H17N3O. The lowest BCUT2D eigenvalue weighted by Crippen LogP contribution is -1.93. The molecular weight excluding hydrogens is 262 g/mol. The Morgan fingerprint density at radius 1 is 0.905 bits per heavy atom. The van der Waals surface area contributed by atoms with Crippen molar-refractivity contribution in [3.63, 3.8) is 0 Å². The summed E-state index contributed by atoms with van der Waals surface area (Å²) < 4.78 is 0. The van der Waals surface area contributed by atoms with Crippen molar-refractivity contribution in [1.82, 2.24) is 10.2 Å². The van der Waals surface area contributed by atoms with Crippen LogP contribution in [0.1, 0.15) is 5.56 Å². The molecule has 0 spiro atoms. The number of anilines is 2. The topological polar surface area (TPSA) is 60.9 Å². The van der Waals surface area contributed by atoms with E-state index in [4.69, 9.17) is 5.11 Å². The Bertz CT molecular complexity index is 673. The molecule has 2 aromatic carbocycles. The highest BCUT2D eigenvalue weighted by Gasteiger charge is 2.00. The van der Waals surface area contributed by atoms with Crippen LogP contribution < -0.4 is 5.32 Å². The first-order chi connectivity index (χ1) is 10.3. The van der Waals surface area contributed by atoms with Crippen molar-refractivity contribution in [1.29, 1.82) is 0 Å². The van der Waals surface area contributed by atoms with Crippen LogP contribution in [0.2, 0.25) is 0 Å². The summed E-state index contributed by atoms with van der Waals surface area (Å²) in [4.78, 5) is 0. The third-order valence-electron chi connectivity index (χ3n) is 3.36. The van der Waals surface area contributed by atoms with Gasteiger partial charge in [-0.25, -0.2) is 0 Å². The van der Waals surface area contributed by atoms with Gasteiger partial charge in [-0.15, -0.1) is 0 Å². The van der Waals surface area contributed by atoms with Gasteiger partial charge in [0.15, 0.2) is 0 Å². The molecule has 1 aromatic heterocycles. The van der Waals surface area contributed by atoms with Crippen LogP contribution in [0.25, 0.3) is 11.1 Å². The maximum Gasteiger partial charge on any atom is 0.0565 e. The maximum absolute atomic E-state index is 8.91. The molecule has 0 saturated heterocycles. The molecule has 3 rings (SSSR count). The fourth-order valence-electron chi connectivity index (χ4n) is 2.21. The summed E-state index contributed by atoms with van der Waals surface area (Å²) in [5, 5.41) is 19.0. The van der Waals surface area contributed by atoms with Gasteiger partial charge in [-0.3, -0.25) is 5.10 Å². The van der Waals surface area contributed by atoms with Crippen molar-refractivity contribution < 1.29 is 5.11 Å². The monoisotopic (exact) mass is 279 g/mol. The normalized spacial score (nSPS) is 10.5. The Kier molecular flexibility index (Phi) is 3.98. The fraction of sp³-hybridized carbons (Fsp3) is 0.118. The van der Waals surface area contributed by atoms with Gasteiger partial charge in [0.2, 0.25) is 0 Å². The summed E-state index contributed by atoms with van der Waals surface area (Å²) in [7, 11) is 0. The first-order valence-electron chi connectivity index (χ1n) is 6.91. The molecule has 0 atom stereocenters. The number of benzene rings is 2. The molecule has 0 unspecified atom stereocenters. The highest BCUT2D eigenvalue weighted by atomic mass is 16.2. The number of aliphatic hydroxyl groups excluding tert-OH is 1. The first-order valence-corrected chi connectivity index (χ1v) is 6.91. The van der Waals surface area contributed by atoms with Crippen LogP contribution in [-0.4, -0.2) is 21.9 Å². The van der Waals surface area contributed by atoms with E-state index in [0.717, 1.165) is 28.1 Å². The van der Waals surface area contributed by atoms with Crippen LogP contribution in [0.4, 0.5) is 11.4 Å². The minimum atomic E-state index is 0.183. The van der Waals surface area contributed by atoms with E-state index in [2.05, 4.69) is 27.6 Å². The van der Waals surface area contributed by atoms with Crippen molar-refractivity contribution in [3.05, 3.63) is 66.5 Å². The highest BCUT2D eigenvalue weighted by Crippen LogP contribution is 2.22. The lowest BCUT2D eigenvalue weighted by molar-refractivity contribution is 0.299. The van der Waals surface area contributed by atoms with E-state index in [1.165, 1.54) is 0 Å². The molecule has 3 N–H and O–H groups in total. The minimum absolute atomic E-state index is 0.183. The average Bonchev–Trinajstić information content (AvgIpc) is 3.05. The third-order valence-corrected chi connectivity index (χ3v) is 3.36. The van der Waals surface area contributed by atoms with E-state index >= 15 is 0 Å². The van der Waals surface area contributed by atoms with E-state index in [9.17, 15) is 0 Å². The second-order valence-electron chi connectivity index (χ2n) is 4.86. The maximum atomic E-state index is 8.91. The fourth-order valence-corrected chi connectivity index (χ4v) is 2.21. The number of nitrogens with zero attached hydrogens (tertiary/aromatic N) is 1. The van der Waals surface area contributed by atoms with Crippen molar-refractivity contribution in [2.75, 3.05) is 11.9 Å². The minimum Gasteiger partial charge on any atom is -0.396 e. The zero-order valence-electron chi connectivity index (χ0n) is 11.6. The number of rotatable bonds is 5. The van der Waals surface area contributed by atoms with Gasteiger partial charge in [-0.2, -0.15) is 5.10 Å². The van der Waals surface area contributed by atoms with Crippen LogP contribution in [0.15, 0.2) is 60.9 Å². The lowest BCUT2D eigenvalue weighted by Gasteiger charge is -2.08. The summed E-state index contributed by atoms with van der Waals surface area (Å²) in [5.41, 5.74) is 5.42. The highest BCUT2D eigenvalue weighted by molar-refractivity contribution is 5.67. The second-order valence-corrected chi connectivity index (χ2v) is 4.86. The molecule has 0 saturated carbocycles. The average molecular weight is 279 g/mol. The Balaban J connectivity index is 1.70. The van der Waals surface area contributed by atoms with Gasteiger partial charge in [0, 0.05) is 29.7 Å². The van der Waals surface area contributed by atoms with Gasteiger partial charge in [0.1, 0.15) is 0 Å². The van der Waals surface area contributed by atoms with Crippen LogP contribution in [0.3, 0.4) is 0 Å². The molecule has 0 fully saturated rings. The third kappa shape index (κ3) is 3.30. The van der Waals surface area contributed by atoms with E-state index in [1.807, 2.05) is 48.8 Å². The summed E-state index contributed by atoms with van der Waals surface area (Å²) in [6, 6.07) is 16.3. The van der Waals surface area contributed by atoms with Gasteiger partial charge >= 0.3 is 0 Å². The number of hydrogen-bond donors (Lipinski definition) is 3. The van der Waals surface area contributed by atoms with E-state index in [1.54, 1.807) is 0 Å². The number of aromatic nitrogens is 2. The molecule has 4 heteroatoms. The number of aliphatic hydroxyl groups is 1. The molecule has 0 amide bonds. The smallest absolute Gasteiger partial charge is 0.0565 e. The Morgan fingerprint density at radius 3 is 2.14 bits per heavy atom. The largest absolute Gasteiger partial charge is 0.396 e. The van der Waals surface area contributed by atoms with Crippen molar-refractivity contribution in [2.24, 2.45) is 0 Å². The summed E-state index contributed by atoms with van der Waals surface area (Å²) >= 11 is 0. The number of aromatic amines is 1. The lowest BCUT2D eigenvalue weighted by atomic mass is 10.1. The molecule has 21 heavy (non-hydrogen) atoms. The van der Waals surface area contributed by atoms with Crippen molar-refractivity contribution in [3.8, 4) is 11.1 Å². The zero-order valence-corrected chi connectivity index (χ0v) is 11.6. The standard InChI is InChI=1S/C17H17N3O/c21-10-9-13-1-5-16(6-2-13)20-17-7-3-14(4-8-17)15-11-18-19-12-15/h1-8,11-12,20-21H,9-10H2,(H,18,19). The van der Waals surface area contributed by atoms with Crippen LogP contribution >= 0.6 is 0 Å². The molecule has 3 aromatic rings. The van der Waals surface area contributed by atoms with Crippen LogP contribution in [-0.2, 0) is 6.42 Å². The van der Waals surface area contributed by atoms with E-state index in [-0.39, 0.29) is 6.61 Å². The Morgan fingerprint density at radius 2 is 1.57 bits per heavy atom.